The number of carbonyl (C=O) groups excluding carboxylic acids is 1. The van der Waals surface area contributed by atoms with Gasteiger partial charge in [-0.3, -0.25) is 9.59 Å². The summed E-state index contributed by atoms with van der Waals surface area (Å²) in [6.45, 7) is 2.36. The molecular weight excluding hydrogens is 296 g/mol. The van der Waals surface area contributed by atoms with Crippen LogP contribution in [-0.4, -0.2) is 28.5 Å². The Morgan fingerprint density at radius 3 is 3.09 bits per heavy atom. The smallest absolute Gasteiger partial charge is 0.252 e. The second-order valence-corrected chi connectivity index (χ2v) is 5.58. The number of benzene rings is 1. The molecule has 7 nitrogen and oxygen atoms in total. The second-order valence-electron chi connectivity index (χ2n) is 5.58. The van der Waals surface area contributed by atoms with Crippen LogP contribution in [-0.2, 0) is 12.8 Å². The number of rotatable bonds is 4. The molecule has 1 aromatic heterocycles. The molecule has 0 saturated carbocycles. The number of H-pyrrole nitrogens is 1. The van der Waals surface area contributed by atoms with E-state index < -0.39 is 0 Å². The van der Waals surface area contributed by atoms with Crippen molar-refractivity contribution in [2.75, 3.05) is 12.3 Å². The van der Waals surface area contributed by atoms with Gasteiger partial charge in [-0.05, 0) is 30.7 Å². The zero-order valence-electron chi connectivity index (χ0n) is 12.8. The molecule has 0 aliphatic carbocycles. The first kappa shape index (κ1) is 15.1. The summed E-state index contributed by atoms with van der Waals surface area (Å²) in [6.07, 6.45) is 1.36. The van der Waals surface area contributed by atoms with E-state index >= 15 is 0 Å². The molecule has 0 spiro atoms. The van der Waals surface area contributed by atoms with E-state index in [1.807, 2.05) is 19.1 Å². The maximum atomic E-state index is 12.2. The van der Waals surface area contributed by atoms with E-state index in [0.717, 1.165) is 17.7 Å². The van der Waals surface area contributed by atoms with Gasteiger partial charge in [0.2, 0.25) is 0 Å². The molecule has 0 bridgehead atoms. The first-order chi connectivity index (χ1) is 11.0. The molecule has 4 N–H and O–H groups in total. The molecule has 1 atom stereocenters. The van der Waals surface area contributed by atoms with Gasteiger partial charge in [0.25, 0.3) is 11.5 Å². The first-order valence-electron chi connectivity index (χ1n) is 7.45. The van der Waals surface area contributed by atoms with Gasteiger partial charge in [-0.25, -0.2) is 4.98 Å². The molecule has 1 amide bonds. The molecule has 0 unspecified atom stereocenters. The van der Waals surface area contributed by atoms with Crippen LogP contribution in [0, 0.1) is 0 Å². The Morgan fingerprint density at radius 2 is 2.30 bits per heavy atom. The highest BCUT2D eigenvalue weighted by molar-refractivity contribution is 5.94. The lowest BCUT2D eigenvalue weighted by atomic mass is 10.1. The molecule has 7 heteroatoms. The lowest BCUT2D eigenvalue weighted by molar-refractivity contribution is 0.0954. The first-order valence-corrected chi connectivity index (χ1v) is 7.45. The number of nitrogen functional groups attached to an aromatic ring is 1. The fourth-order valence-electron chi connectivity index (χ4n) is 2.61. The maximum absolute atomic E-state index is 12.2. The minimum absolute atomic E-state index is 0.148. The molecule has 23 heavy (non-hydrogen) atoms. The number of aromatic nitrogens is 2. The van der Waals surface area contributed by atoms with E-state index in [-0.39, 0.29) is 23.4 Å². The van der Waals surface area contributed by atoms with Gasteiger partial charge in [-0.1, -0.05) is 0 Å². The summed E-state index contributed by atoms with van der Waals surface area (Å²) in [5.41, 5.74) is 6.86. The van der Waals surface area contributed by atoms with E-state index in [1.165, 1.54) is 6.07 Å². The van der Waals surface area contributed by atoms with Gasteiger partial charge in [-0.2, -0.15) is 0 Å². The summed E-state index contributed by atoms with van der Waals surface area (Å²) in [6, 6.07) is 6.64. The zero-order chi connectivity index (χ0) is 16.4. The topological polar surface area (TPSA) is 110 Å². The van der Waals surface area contributed by atoms with E-state index in [9.17, 15) is 9.59 Å². The number of amides is 1. The number of fused-ring (bicyclic) bond motifs is 1. The van der Waals surface area contributed by atoms with Crippen LogP contribution in [0.15, 0.2) is 29.1 Å². The van der Waals surface area contributed by atoms with E-state index in [1.54, 1.807) is 6.07 Å². The fourth-order valence-corrected chi connectivity index (χ4v) is 2.61. The Balaban J connectivity index is 1.60. The Labute approximate surface area is 132 Å². The monoisotopic (exact) mass is 314 g/mol. The van der Waals surface area contributed by atoms with Crippen LogP contribution >= 0.6 is 0 Å². The average molecular weight is 314 g/mol. The molecular formula is C16H18N4O3. The van der Waals surface area contributed by atoms with Crippen LogP contribution in [0.5, 0.6) is 5.75 Å². The number of hydrogen-bond acceptors (Lipinski definition) is 5. The summed E-state index contributed by atoms with van der Waals surface area (Å²) in [5.74, 6) is 1.29. The lowest BCUT2D eigenvalue weighted by Gasteiger charge is -2.07. The summed E-state index contributed by atoms with van der Waals surface area (Å²) >= 11 is 0. The molecule has 2 heterocycles. The fraction of sp³-hybridized carbons (Fsp3) is 0.312. The molecule has 1 aliphatic heterocycles. The zero-order valence-corrected chi connectivity index (χ0v) is 12.8. The van der Waals surface area contributed by atoms with Crippen molar-refractivity contribution in [1.82, 2.24) is 15.3 Å². The minimum atomic E-state index is -0.299. The predicted molar refractivity (Wildman–Crippen MR) is 85.5 cm³/mol. The number of carbonyl (C=O) groups is 1. The number of ether oxygens (including phenoxy) is 1. The second kappa shape index (κ2) is 6.12. The highest BCUT2D eigenvalue weighted by Gasteiger charge is 2.20. The van der Waals surface area contributed by atoms with Crippen molar-refractivity contribution in [2.24, 2.45) is 0 Å². The van der Waals surface area contributed by atoms with Crippen LogP contribution in [0.2, 0.25) is 0 Å². The molecule has 0 saturated heterocycles. The standard InChI is InChI=1S/C16H18N4O3/c1-9-6-11-7-10(2-3-12(11)23-9)16(22)18-5-4-14-19-13(17)8-15(21)20-14/h2-3,7-9H,4-6H2,1H3,(H,18,22)(H3,17,19,20,21)/t9-/m0/s1. The number of anilines is 1. The molecule has 0 radical (unpaired) electrons. The number of hydrogen-bond donors (Lipinski definition) is 3. The Hall–Kier alpha value is -2.83. The van der Waals surface area contributed by atoms with Gasteiger partial charge in [-0.15, -0.1) is 0 Å². The number of nitrogens with two attached hydrogens (primary N) is 1. The quantitative estimate of drug-likeness (QED) is 0.767. The van der Waals surface area contributed by atoms with Gasteiger partial charge < -0.3 is 20.8 Å². The Morgan fingerprint density at radius 1 is 1.48 bits per heavy atom. The third-order valence-corrected chi connectivity index (χ3v) is 3.62. The van der Waals surface area contributed by atoms with Crippen molar-refractivity contribution in [3.63, 3.8) is 0 Å². The van der Waals surface area contributed by atoms with Gasteiger partial charge in [0.05, 0.1) is 0 Å². The van der Waals surface area contributed by atoms with Crippen LogP contribution in [0.4, 0.5) is 5.82 Å². The minimum Gasteiger partial charge on any atom is -0.490 e. The number of nitrogens with zero attached hydrogens (tertiary/aromatic N) is 1. The van der Waals surface area contributed by atoms with Crippen molar-refractivity contribution in [3.05, 3.63) is 51.6 Å². The largest absolute Gasteiger partial charge is 0.490 e. The van der Waals surface area contributed by atoms with Crippen LogP contribution in [0.3, 0.4) is 0 Å². The van der Waals surface area contributed by atoms with Crippen molar-refractivity contribution in [1.29, 1.82) is 0 Å². The van der Waals surface area contributed by atoms with Crippen LogP contribution < -0.4 is 21.3 Å². The molecule has 120 valence electrons. The van der Waals surface area contributed by atoms with Crippen molar-refractivity contribution in [2.45, 2.75) is 25.9 Å². The van der Waals surface area contributed by atoms with Gasteiger partial charge in [0.15, 0.2) is 0 Å². The molecule has 0 fully saturated rings. The Kier molecular flexibility index (Phi) is 4.01. The van der Waals surface area contributed by atoms with Gasteiger partial charge in [0.1, 0.15) is 23.5 Å². The third-order valence-electron chi connectivity index (χ3n) is 3.62. The number of aromatic amines is 1. The average Bonchev–Trinajstić information content (AvgIpc) is 2.85. The normalized spacial score (nSPS) is 15.8. The SMILES string of the molecule is C[C@H]1Cc2cc(C(=O)NCCc3nc(N)cc(=O)[nH]3)ccc2O1. The maximum Gasteiger partial charge on any atom is 0.252 e. The third kappa shape index (κ3) is 3.50. The molecule has 1 aromatic carbocycles. The molecule has 3 rings (SSSR count). The Bertz CT molecular complexity index is 800. The van der Waals surface area contributed by atoms with Crippen molar-refractivity contribution in [3.8, 4) is 5.75 Å². The summed E-state index contributed by atoms with van der Waals surface area (Å²) < 4.78 is 5.62. The highest BCUT2D eigenvalue weighted by atomic mass is 16.5. The molecule has 1 aliphatic rings. The summed E-state index contributed by atoms with van der Waals surface area (Å²) in [4.78, 5) is 30.1. The van der Waals surface area contributed by atoms with Crippen molar-refractivity contribution >= 4 is 11.7 Å². The summed E-state index contributed by atoms with van der Waals surface area (Å²) in [7, 11) is 0. The van der Waals surface area contributed by atoms with Crippen LogP contribution in [0.1, 0.15) is 28.7 Å². The molecule has 2 aromatic rings. The van der Waals surface area contributed by atoms with Crippen LogP contribution in [0.25, 0.3) is 0 Å². The van der Waals surface area contributed by atoms with Gasteiger partial charge >= 0.3 is 0 Å². The van der Waals surface area contributed by atoms with E-state index in [2.05, 4.69) is 15.3 Å². The predicted octanol–water partition coefficient (Wildman–Crippen LogP) is 0.648. The highest BCUT2D eigenvalue weighted by Crippen LogP contribution is 2.29. The van der Waals surface area contributed by atoms with Crippen molar-refractivity contribution < 1.29 is 9.53 Å². The van der Waals surface area contributed by atoms with Gasteiger partial charge in [0, 0.05) is 31.0 Å². The summed E-state index contributed by atoms with van der Waals surface area (Å²) in [5, 5.41) is 2.81. The lowest BCUT2D eigenvalue weighted by Crippen LogP contribution is -2.27. The van der Waals surface area contributed by atoms with E-state index in [0.29, 0.717) is 24.4 Å². The number of nitrogens with one attached hydrogen (secondary N) is 2. The van der Waals surface area contributed by atoms with E-state index in [4.69, 9.17) is 10.5 Å².